The van der Waals surface area contributed by atoms with Gasteiger partial charge < -0.3 is 19.3 Å². The molecule has 0 spiro atoms. The molecule has 0 aliphatic rings. The van der Waals surface area contributed by atoms with E-state index in [9.17, 15) is 9.59 Å². The SMILES string of the molecule is Cc1ccoc1C(C=O)NC(=O)OC(C)(C)C. The molecule has 1 rings (SSSR count). The number of nitrogens with one attached hydrogen (secondary N) is 1. The predicted octanol–water partition coefficient (Wildman–Crippen LogP) is 2.35. The first kappa shape index (κ1) is 13.3. The Hall–Kier alpha value is -1.78. The Balaban J connectivity index is 2.69. The van der Waals surface area contributed by atoms with E-state index in [4.69, 9.17) is 9.15 Å². The third-order valence-electron chi connectivity index (χ3n) is 1.99. The molecule has 17 heavy (non-hydrogen) atoms. The number of aryl methyl sites for hydroxylation is 1. The number of furan rings is 1. The molecule has 0 saturated carbocycles. The van der Waals surface area contributed by atoms with E-state index in [-0.39, 0.29) is 0 Å². The van der Waals surface area contributed by atoms with Crippen molar-refractivity contribution in [1.82, 2.24) is 5.32 Å². The molecule has 94 valence electrons. The van der Waals surface area contributed by atoms with Crippen LogP contribution < -0.4 is 5.32 Å². The maximum Gasteiger partial charge on any atom is 0.408 e. The van der Waals surface area contributed by atoms with Gasteiger partial charge in [0.25, 0.3) is 0 Å². The monoisotopic (exact) mass is 239 g/mol. The van der Waals surface area contributed by atoms with E-state index in [0.29, 0.717) is 12.0 Å². The summed E-state index contributed by atoms with van der Waals surface area (Å²) in [4.78, 5) is 22.4. The molecule has 0 radical (unpaired) electrons. The molecule has 0 bridgehead atoms. The molecule has 0 aliphatic carbocycles. The summed E-state index contributed by atoms with van der Waals surface area (Å²) in [6, 6.07) is 0.905. The third kappa shape index (κ3) is 3.94. The van der Waals surface area contributed by atoms with Gasteiger partial charge in [-0.1, -0.05) is 0 Å². The van der Waals surface area contributed by atoms with Gasteiger partial charge >= 0.3 is 6.09 Å². The number of carbonyl (C=O) groups is 2. The zero-order valence-electron chi connectivity index (χ0n) is 10.4. The van der Waals surface area contributed by atoms with E-state index < -0.39 is 17.7 Å². The molecule has 1 amide bonds. The fraction of sp³-hybridized carbons (Fsp3) is 0.500. The zero-order chi connectivity index (χ0) is 13.1. The van der Waals surface area contributed by atoms with Crippen LogP contribution in [0.4, 0.5) is 4.79 Å². The fourth-order valence-electron chi connectivity index (χ4n) is 1.30. The molecule has 1 heterocycles. The lowest BCUT2D eigenvalue weighted by Gasteiger charge is -2.21. The van der Waals surface area contributed by atoms with Crippen LogP contribution in [0.25, 0.3) is 0 Å². The third-order valence-corrected chi connectivity index (χ3v) is 1.99. The summed E-state index contributed by atoms with van der Waals surface area (Å²) in [6.45, 7) is 7.05. The molecule has 1 unspecified atom stereocenters. The first-order chi connectivity index (χ1) is 7.83. The Labute approximate surface area is 100 Å². The van der Waals surface area contributed by atoms with Crippen molar-refractivity contribution in [3.63, 3.8) is 0 Å². The van der Waals surface area contributed by atoms with Crippen molar-refractivity contribution >= 4 is 12.4 Å². The number of hydrogen-bond acceptors (Lipinski definition) is 4. The average Bonchev–Trinajstić information content (AvgIpc) is 2.58. The average molecular weight is 239 g/mol. The maximum absolute atomic E-state index is 11.5. The van der Waals surface area contributed by atoms with Gasteiger partial charge in [-0.15, -0.1) is 0 Å². The van der Waals surface area contributed by atoms with E-state index in [2.05, 4.69) is 5.32 Å². The summed E-state index contributed by atoms with van der Waals surface area (Å²) >= 11 is 0. The molecule has 5 nitrogen and oxygen atoms in total. The number of ether oxygens (including phenoxy) is 1. The Morgan fingerprint density at radius 2 is 2.18 bits per heavy atom. The van der Waals surface area contributed by atoms with Crippen LogP contribution in [-0.2, 0) is 9.53 Å². The van der Waals surface area contributed by atoms with Crippen LogP contribution in [0, 0.1) is 6.92 Å². The number of carbonyl (C=O) groups excluding carboxylic acids is 2. The zero-order valence-corrected chi connectivity index (χ0v) is 10.4. The van der Waals surface area contributed by atoms with E-state index in [0.717, 1.165) is 5.56 Å². The summed E-state index contributed by atoms with van der Waals surface area (Å²) in [5.41, 5.74) is 0.202. The highest BCUT2D eigenvalue weighted by Gasteiger charge is 2.22. The number of alkyl carbamates (subject to hydrolysis) is 1. The second kappa shape index (κ2) is 5.03. The van der Waals surface area contributed by atoms with E-state index in [1.165, 1.54) is 6.26 Å². The minimum atomic E-state index is -0.820. The molecule has 0 fully saturated rings. The van der Waals surface area contributed by atoms with Gasteiger partial charge in [-0.25, -0.2) is 4.79 Å². The number of hydrogen-bond donors (Lipinski definition) is 1. The van der Waals surface area contributed by atoms with Crippen LogP contribution in [0.15, 0.2) is 16.7 Å². The highest BCUT2D eigenvalue weighted by molar-refractivity contribution is 5.74. The van der Waals surface area contributed by atoms with Crippen LogP contribution in [0.5, 0.6) is 0 Å². The second-order valence-electron chi connectivity index (χ2n) is 4.73. The number of amides is 1. The van der Waals surface area contributed by atoms with Crippen molar-refractivity contribution in [2.45, 2.75) is 39.3 Å². The van der Waals surface area contributed by atoms with Crippen molar-refractivity contribution in [3.8, 4) is 0 Å². The van der Waals surface area contributed by atoms with Gasteiger partial charge in [-0.2, -0.15) is 0 Å². The molecule has 0 saturated heterocycles. The van der Waals surface area contributed by atoms with Crippen molar-refractivity contribution in [3.05, 3.63) is 23.7 Å². The van der Waals surface area contributed by atoms with E-state index in [1.807, 2.05) is 0 Å². The molecular weight excluding hydrogens is 222 g/mol. The first-order valence-electron chi connectivity index (χ1n) is 5.32. The van der Waals surface area contributed by atoms with Crippen molar-refractivity contribution in [2.75, 3.05) is 0 Å². The van der Waals surface area contributed by atoms with Gasteiger partial charge in [0.05, 0.1) is 6.26 Å². The molecule has 1 aromatic heterocycles. The van der Waals surface area contributed by atoms with Gasteiger partial charge in [0.15, 0.2) is 0 Å². The second-order valence-corrected chi connectivity index (χ2v) is 4.73. The molecule has 0 aromatic carbocycles. The fourth-order valence-corrected chi connectivity index (χ4v) is 1.30. The molecule has 1 N–H and O–H groups in total. The summed E-state index contributed by atoms with van der Waals surface area (Å²) in [5.74, 6) is 0.422. The Morgan fingerprint density at radius 1 is 1.53 bits per heavy atom. The highest BCUT2D eigenvalue weighted by atomic mass is 16.6. The van der Waals surface area contributed by atoms with Crippen molar-refractivity contribution < 1.29 is 18.7 Å². The van der Waals surface area contributed by atoms with Gasteiger partial charge in [-0.05, 0) is 39.3 Å². The summed E-state index contributed by atoms with van der Waals surface area (Å²) in [7, 11) is 0. The maximum atomic E-state index is 11.5. The molecule has 1 atom stereocenters. The number of rotatable bonds is 3. The minimum Gasteiger partial charge on any atom is -0.466 e. The standard InChI is InChI=1S/C12H17NO4/c1-8-5-6-16-10(8)9(7-14)13-11(15)17-12(2,3)4/h5-7,9H,1-4H3,(H,13,15). The topological polar surface area (TPSA) is 68.5 Å². The largest absolute Gasteiger partial charge is 0.466 e. The molecular formula is C12H17NO4. The predicted molar refractivity (Wildman–Crippen MR) is 61.6 cm³/mol. The van der Waals surface area contributed by atoms with Crippen LogP contribution in [0.3, 0.4) is 0 Å². The number of aldehydes is 1. The van der Waals surface area contributed by atoms with E-state index >= 15 is 0 Å². The van der Waals surface area contributed by atoms with Crippen molar-refractivity contribution in [2.24, 2.45) is 0 Å². The van der Waals surface area contributed by atoms with Crippen LogP contribution in [0.2, 0.25) is 0 Å². The highest BCUT2D eigenvalue weighted by Crippen LogP contribution is 2.17. The summed E-state index contributed by atoms with van der Waals surface area (Å²) in [5, 5.41) is 2.44. The Bertz CT molecular complexity index is 403. The first-order valence-corrected chi connectivity index (χ1v) is 5.32. The van der Waals surface area contributed by atoms with Crippen LogP contribution in [-0.4, -0.2) is 18.0 Å². The lowest BCUT2D eigenvalue weighted by molar-refractivity contribution is -0.110. The lowest BCUT2D eigenvalue weighted by Crippen LogP contribution is -2.35. The lowest BCUT2D eigenvalue weighted by atomic mass is 10.2. The van der Waals surface area contributed by atoms with Gasteiger partial charge in [-0.3, -0.25) is 0 Å². The van der Waals surface area contributed by atoms with Gasteiger partial charge in [0.2, 0.25) is 0 Å². The summed E-state index contributed by atoms with van der Waals surface area (Å²) in [6.07, 6.45) is 1.43. The molecule has 5 heteroatoms. The Morgan fingerprint density at radius 3 is 2.59 bits per heavy atom. The molecule has 0 aliphatic heterocycles. The van der Waals surface area contributed by atoms with Crippen LogP contribution in [0.1, 0.15) is 38.1 Å². The smallest absolute Gasteiger partial charge is 0.408 e. The minimum absolute atomic E-state index is 0.422. The Kier molecular flexibility index (Phi) is 3.93. The van der Waals surface area contributed by atoms with E-state index in [1.54, 1.807) is 33.8 Å². The van der Waals surface area contributed by atoms with Gasteiger partial charge in [0.1, 0.15) is 23.7 Å². The van der Waals surface area contributed by atoms with Crippen LogP contribution >= 0.6 is 0 Å². The normalized spacial score (nSPS) is 12.9. The quantitative estimate of drug-likeness (QED) is 0.822. The van der Waals surface area contributed by atoms with Crippen molar-refractivity contribution in [1.29, 1.82) is 0 Å². The summed E-state index contributed by atoms with van der Waals surface area (Å²) < 4.78 is 10.2. The molecule has 1 aromatic rings. The van der Waals surface area contributed by atoms with Gasteiger partial charge in [0, 0.05) is 0 Å².